The summed E-state index contributed by atoms with van der Waals surface area (Å²) in [7, 11) is 0. The molecule has 2 aromatic rings. The summed E-state index contributed by atoms with van der Waals surface area (Å²) in [5.41, 5.74) is 8.90. The van der Waals surface area contributed by atoms with Crippen molar-refractivity contribution in [2.24, 2.45) is 5.73 Å². The quantitative estimate of drug-likeness (QED) is 0.747. The first-order valence-electron chi connectivity index (χ1n) is 5.48. The van der Waals surface area contributed by atoms with Crippen LogP contribution in [0.2, 0.25) is 0 Å². The summed E-state index contributed by atoms with van der Waals surface area (Å²) in [5, 5.41) is 2.67. The number of aryl methyl sites for hydroxylation is 1. The molecular weight excluding hydrogens is 182 g/mol. The van der Waals surface area contributed by atoms with Gasteiger partial charge in [0, 0.05) is 5.54 Å². The molecular formula is C14H15N. The van der Waals surface area contributed by atoms with Crippen LogP contribution in [-0.4, -0.2) is 0 Å². The van der Waals surface area contributed by atoms with Crippen LogP contribution >= 0.6 is 0 Å². The number of rotatable bonds is 1. The second-order valence-electron chi connectivity index (χ2n) is 4.63. The van der Waals surface area contributed by atoms with Gasteiger partial charge in [0.25, 0.3) is 0 Å². The minimum atomic E-state index is -0.0344. The molecule has 0 atom stereocenters. The van der Waals surface area contributed by atoms with Gasteiger partial charge in [-0.15, -0.1) is 0 Å². The number of hydrogen-bond acceptors (Lipinski definition) is 1. The van der Waals surface area contributed by atoms with E-state index in [1.807, 2.05) is 0 Å². The molecule has 0 aromatic heterocycles. The average Bonchev–Trinajstić information content (AvgIpc) is 2.98. The van der Waals surface area contributed by atoms with Crippen LogP contribution in [0.25, 0.3) is 10.8 Å². The lowest BCUT2D eigenvalue weighted by molar-refractivity contribution is 0.748. The molecule has 0 heterocycles. The molecule has 0 radical (unpaired) electrons. The van der Waals surface area contributed by atoms with Crippen molar-refractivity contribution >= 4 is 10.8 Å². The van der Waals surface area contributed by atoms with E-state index in [0.717, 1.165) is 12.8 Å². The first-order valence-corrected chi connectivity index (χ1v) is 5.48. The maximum Gasteiger partial charge on any atom is 0.0417 e. The molecule has 0 spiro atoms. The summed E-state index contributed by atoms with van der Waals surface area (Å²) in [6.45, 7) is 2.15. The molecule has 1 aliphatic carbocycles. The molecule has 1 saturated carbocycles. The second kappa shape index (κ2) is 2.83. The van der Waals surface area contributed by atoms with Gasteiger partial charge < -0.3 is 5.73 Å². The Balaban J connectivity index is 2.36. The van der Waals surface area contributed by atoms with Crippen LogP contribution in [0.15, 0.2) is 36.4 Å². The molecule has 1 nitrogen and oxygen atoms in total. The van der Waals surface area contributed by atoms with Crippen molar-refractivity contribution in [3.05, 3.63) is 47.5 Å². The van der Waals surface area contributed by atoms with Crippen LogP contribution in [0, 0.1) is 6.92 Å². The zero-order valence-corrected chi connectivity index (χ0v) is 8.96. The van der Waals surface area contributed by atoms with E-state index in [4.69, 9.17) is 5.73 Å². The molecule has 15 heavy (non-hydrogen) atoms. The highest BCUT2D eigenvalue weighted by atomic mass is 14.8. The van der Waals surface area contributed by atoms with Crippen molar-refractivity contribution < 1.29 is 0 Å². The molecule has 0 aliphatic heterocycles. The van der Waals surface area contributed by atoms with Crippen LogP contribution in [-0.2, 0) is 5.54 Å². The van der Waals surface area contributed by atoms with Crippen LogP contribution in [0.5, 0.6) is 0 Å². The number of nitrogens with two attached hydrogens (primary N) is 1. The zero-order chi connectivity index (χ0) is 10.5. The predicted molar refractivity (Wildman–Crippen MR) is 63.8 cm³/mol. The lowest BCUT2D eigenvalue weighted by Crippen LogP contribution is -2.19. The third kappa shape index (κ3) is 1.27. The Hall–Kier alpha value is -1.34. The van der Waals surface area contributed by atoms with Crippen molar-refractivity contribution in [1.82, 2.24) is 0 Å². The Morgan fingerprint density at radius 3 is 2.33 bits per heavy atom. The maximum atomic E-state index is 6.28. The molecule has 0 unspecified atom stereocenters. The van der Waals surface area contributed by atoms with Gasteiger partial charge in [0.05, 0.1) is 0 Å². The van der Waals surface area contributed by atoms with Crippen molar-refractivity contribution in [2.45, 2.75) is 25.3 Å². The Morgan fingerprint density at radius 1 is 1.00 bits per heavy atom. The van der Waals surface area contributed by atoms with Gasteiger partial charge >= 0.3 is 0 Å². The molecule has 1 heteroatoms. The maximum absolute atomic E-state index is 6.28. The van der Waals surface area contributed by atoms with Crippen molar-refractivity contribution in [2.75, 3.05) is 0 Å². The van der Waals surface area contributed by atoms with E-state index in [2.05, 4.69) is 43.3 Å². The second-order valence-corrected chi connectivity index (χ2v) is 4.63. The first kappa shape index (κ1) is 8.93. The van der Waals surface area contributed by atoms with Gasteiger partial charge in [-0.3, -0.25) is 0 Å². The van der Waals surface area contributed by atoms with E-state index in [1.54, 1.807) is 0 Å². The number of hydrogen-bond donors (Lipinski definition) is 1. The molecule has 0 amide bonds. The average molecular weight is 197 g/mol. The fourth-order valence-electron chi connectivity index (χ4n) is 2.29. The lowest BCUT2D eigenvalue weighted by Gasteiger charge is -2.14. The predicted octanol–water partition coefficient (Wildman–Crippen LogP) is 3.10. The minimum Gasteiger partial charge on any atom is -0.321 e. The van der Waals surface area contributed by atoms with Crippen LogP contribution in [0.1, 0.15) is 24.0 Å². The highest BCUT2D eigenvalue weighted by Gasteiger charge is 2.40. The highest BCUT2D eigenvalue weighted by molar-refractivity contribution is 5.89. The van der Waals surface area contributed by atoms with Gasteiger partial charge in [-0.2, -0.15) is 0 Å². The summed E-state index contributed by atoms with van der Waals surface area (Å²) >= 11 is 0. The fraction of sp³-hybridized carbons (Fsp3) is 0.286. The largest absolute Gasteiger partial charge is 0.321 e. The molecule has 76 valence electrons. The Morgan fingerprint density at radius 2 is 1.67 bits per heavy atom. The normalized spacial score (nSPS) is 18.0. The smallest absolute Gasteiger partial charge is 0.0417 e. The van der Waals surface area contributed by atoms with Gasteiger partial charge in [0.2, 0.25) is 0 Å². The molecule has 0 saturated heterocycles. The van der Waals surface area contributed by atoms with Crippen molar-refractivity contribution in [3.63, 3.8) is 0 Å². The van der Waals surface area contributed by atoms with Crippen LogP contribution in [0.4, 0.5) is 0 Å². The van der Waals surface area contributed by atoms with E-state index in [0.29, 0.717) is 0 Å². The first-order chi connectivity index (χ1) is 7.21. The van der Waals surface area contributed by atoms with Crippen molar-refractivity contribution in [3.8, 4) is 0 Å². The topological polar surface area (TPSA) is 26.0 Å². The summed E-state index contributed by atoms with van der Waals surface area (Å²) in [4.78, 5) is 0. The third-order valence-electron chi connectivity index (χ3n) is 3.47. The minimum absolute atomic E-state index is 0.0344. The van der Waals surface area contributed by atoms with E-state index in [9.17, 15) is 0 Å². The molecule has 3 rings (SSSR count). The monoisotopic (exact) mass is 197 g/mol. The van der Waals surface area contributed by atoms with Crippen LogP contribution in [0.3, 0.4) is 0 Å². The number of benzene rings is 2. The van der Waals surface area contributed by atoms with Crippen molar-refractivity contribution in [1.29, 1.82) is 0 Å². The van der Waals surface area contributed by atoms with E-state index < -0.39 is 0 Å². The summed E-state index contributed by atoms with van der Waals surface area (Å²) in [6.07, 6.45) is 2.25. The Kier molecular flexibility index (Phi) is 1.68. The van der Waals surface area contributed by atoms with Gasteiger partial charge in [-0.1, -0.05) is 36.4 Å². The lowest BCUT2D eigenvalue weighted by atomic mass is 9.95. The highest BCUT2D eigenvalue weighted by Crippen LogP contribution is 2.45. The van der Waals surface area contributed by atoms with E-state index in [-0.39, 0.29) is 5.54 Å². The third-order valence-corrected chi connectivity index (χ3v) is 3.47. The standard InChI is InChI=1S/C14H15N/c1-10-6-7-13(14(15)8-9-14)12-5-3-2-4-11(10)12/h2-7H,8-9,15H2,1H3. The Labute approximate surface area is 89.9 Å². The van der Waals surface area contributed by atoms with Gasteiger partial charge in [0.1, 0.15) is 0 Å². The summed E-state index contributed by atoms with van der Waals surface area (Å²) < 4.78 is 0. The van der Waals surface area contributed by atoms with Gasteiger partial charge in [-0.05, 0) is 41.7 Å². The van der Waals surface area contributed by atoms with Gasteiger partial charge in [-0.25, -0.2) is 0 Å². The van der Waals surface area contributed by atoms with E-state index >= 15 is 0 Å². The molecule has 1 fully saturated rings. The molecule has 0 bridgehead atoms. The van der Waals surface area contributed by atoms with E-state index in [1.165, 1.54) is 21.9 Å². The van der Waals surface area contributed by atoms with Gasteiger partial charge in [0.15, 0.2) is 0 Å². The molecule has 2 aromatic carbocycles. The Bertz CT molecular complexity index is 524. The number of fused-ring (bicyclic) bond motifs is 1. The van der Waals surface area contributed by atoms with Crippen LogP contribution < -0.4 is 5.73 Å². The molecule has 1 aliphatic rings. The summed E-state index contributed by atoms with van der Waals surface area (Å²) in [5.74, 6) is 0. The fourth-order valence-corrected chi connectivity index (χ4v) is 2.29. The zero-order valence-electron chi connectivity index (χ0n) is 8.96. The molecule has 2 N–H and O–H groups in total. The summed E-state index contributed by atoms with van der Waals surface area (Å²) in [6, 6.07) is 12.9. The SMILES string of the molecule is Cc1ccc(C2(N)CC2)c2ccccc12.